The van der Waals surface area contributed by atoms with E-state index in [1.165, 1.54) is 13.3 Å². The number of sulfonamides is 1. The molecule has 12 heteroatoms. The molecule has 0 spiro atoms. The van der Waals surface area contributed by atoms with Gasteiger partial charge in [0.25, 0.3) is 5.91 Å². The summed E-state index contributed by atoms with van der Waals surface area (Å²) in [7, 11) is -1.98. The van der Waals surface area contributed by atoms with E-state index in [1.54, 1.807) is 42.5 Å². The van der Waals surface area contributed by atoms with Crippen molar-refractivity contribution in [1.29, 1.82) is 0 Å². The Labute approximate surface area is 203 Å². The van der Waals surface area contributed by atoms with E-state index in [0.29, 0.717) is 28.4 Å². The molecule has 3 aromatic rings. The van der Waals surface area contributed by atoms with Crippen molar-refractivity contribution in [2.24, 2.45) is 0 Å². The summed E-state index contributed by atoms with van der Waals surface area (Å²) in [5, 5.41) is 9.12. The average molecular weight is 505 g/mol. The van der Waals surface area contributed by atoms with Crippen LogP contribution in [0.15, 0.2) is 48.7 Å². The van der Waals surface area contributed by atoms with Gasteiger partial charge in [0.05, 0.1) is 36.6 Å². The van der Waals surface area contributed by atoms with Gasteiger partial charge in [0.2, 0.25) is 16.0 Å². The molecule has 0 saturated heterocycles. The Kier molecular flexibility index (Phi) is 7.79. The third kappa shape index (κ3) is 6.72. The molecule has 180 valence electrons. The molecule has 10 nitrogen and oxygen atoms in total. The van der Waals surface area contributed by atoms with Crippen LogP contribution in [0.1, 0.15) is 24.2 Å². The van der Waals surface area contributed by atoms with Gasteiger partial charge in [-0.25, -0.2) is 13.4 Å². The molecule has 4 N–H and O–H groups in total. The van der Waals surface area contributed by atoms with Crippen molar-refractivity contribution < 1.29 is 17.9 Å². The molecule has 2 aromatic carbocycles. The first-order valence-corrected chi connectivity index (χ1v) is 12.4. The van der Waals surface area contributed by atoms with Crippen molar-refractivity contribution in [2.75, 3.05) is 28.7 Å². The summed E-state index contributed by atoms with van der Waals surface area (Å²) < 4.78 is 31.2. The third-order valence-electron chi connectivity index (χ3n) is 4.35. The maximum atomic E-state index is 12.4. The molecular formula is C22H25ClN6O4S. The Balaban J connectivity index is 1.90. The van der Waals surface area contributed by atoms with Crippen LogP contribution in [-0.4, -0.2) is 43.7 Å². The number of rotatable bonds is 9. The Morgan fingerprint density at radius 1 is 1.06 bits per heavy atom. The first kappa shape index (κ1) is 25.1. The molecule has 0 bridgehead atoms. The smallest absolute Gasteiger partial charge is 0.251 e. The van der Waals surface area contributed by atoms with Crippen LogP contribution in [0.3, 0.4) is 0 Å². The molecule has 34 heavy (non-hydrogen) atoms. The lowest BCUT2D eigenvalue weighted by Crippen LogP contribution is -2.30. The highest BCUT2D eigenvalue weighted by atomic mass is 35.5. The molecule has 1 amide bonds. The van der Waals surface area contributed by atoms with Gasteiger partial charge in [0, 0.05) is 11.6 Å². The number of amides is 1. The van der Waals surface area contributed by atoms with Crippen molar-refractivity contribution in [3.05, 3.63) is 59.2 Å². The van der Waals surface area contributed by atoms with Gasteiger partial charge >= 0.3 is 0 Å². The maximum absolute atomic E-state index is 12.4. The molecule has 1 heterocycles. The number of hydrogen-bond donors (Lipinski definition) is 4. The SMILES string of the molecule is COc1ccc(C(=O)NC(C)C)cc1Nc1ncc(Cl)c(Nc2ccccc2NS(C)(=O)=O)n1. The third-order valence-corrected chi connectivity index (χ3v) is 5.21. The zero-order chi connectivity index (χ0) is 24.9. The monoisotopic (exact) mass is 504 g/mol. The second-order valence-electron chi connectivity index (χ2n) is 7.60. The molecule has 0 aliphatic rings. The second-order valence-corrected chi connectivity index (χ2v) is 9.76. The first-order chi connectivity index (χ1) is 16.1. The van der Waals surface area contributed by atoms with Crippen LogP contribution in [-0.2, 0) is 10.0 Å². The largest absolute Gasteiger partial charge is 0.495 e. The predicted octanol–water partition coefficient (Wildman–Crippen LogP) is 4.14. The summed E-state index contributed by atoms with van der Waals surface area (Å²) in [6, 6.07) is 11.7. The minimum atomic E-state index is -3.49. The molecular weight excluding hydrogens is 480 g/mol. The van der Waals surface area contributed by atoms with Gasteiger partial charge in [-0.3, -0.25) is 9.52 Å². The molecule has 1 aromatic heterocycles. The lowest BCUT2D eigenvalue weighted by molar-refractivity contribution is 0.0943. The van der Waals surface area contributed by atoms with Crippen molar-refractivity contribution in [1.82, 2.24) is 15.3 Å². The summed E-state index contributed by atoms with van der Waals surface area (Å²) in [5.41, 5.74) is 1.69. The van der Waals surface area contributed by atoms with Crippen LogP contribution in [0.25, 0.3) is 0 Å². The molecule has 0 unspecified atom stereocenters. The number of carbonyl (C=O) groups excluding carboxylic acids is 1. The standard InChI is InChI=1S/C22H25ClN6O4S/c1-13(2)25-21(30)14-9-10-19(33-3)18(11-14)27-22-24-12-15(23)20(28-22)26-16-7-5-6-8-17(16)29-34(4,31)32/h5-13,29H,1-4H3,(H,25,30)(H2,24,26,27,28). The average Bonchev–Trinajstić information content (AvgIpc) is 2.76. The minimum Gasteiger partial charge on any atom is -0.495 e. The number of anilines is 5. The number of carbonyl (C=O) groups is 1. The van der Waals surface area contributed by atoms with Crippen LogP contribution < -0.4 is 25.4 Å². The van der Waals surface area contributed by atoms with E-state index in [4.69, 9.17) is 16.3 Å². The number of para-hydroxylation sites is 2. The maximum Gasteiger partial charge on any atom is 0.251 e. The number of nitrogens with zero attached hydrogens (tertiary/aromatic N) is 2. The highest BCUT2D eigenvalue weighted by Gasteiger charge is 2.14. The fraction of sp³-hybridized carbons (Fsp3) is 0.227. The summed E-state index contributed by atoms with van der Waals surface area (Å²) in [4.78, 5) is 21.0. The summed E-state index contributed by atoms with van der Waals surface area (Å²) >= 11 is 6.28. The number of halogens is 1. The van der Waals surface area contributed by atoms with Crippen LogP contribution in [0, 0.1) is 0 Å². The van der Waals surface area contributed by atoms with Crippen molar-refractivity contribution in [3.63, 3.8) is 0 Å². The number of nitrogens with one attached hydrogen (secondary N) is 4. The fourth-order valence-electron chi connectivity index (χ4n) is 2.94. The Morgan fingerprint density at radius 3 is 2.41 bits per heavy atom. The highest BCUT2D eigenvalue weighted by molar-refractivity contribution is 7.92. The topological polar surface area (TPSA) is 134 Å². The molecule has 0 saturated carbocycles. The molecule has 0 fully saturated rings. The van der Waals surface area contributed by atoms with Gasteiger partial charge in [-0.15, -0.1) is 0 Å². The molecule has 0 radical (unpaired) electrons. The number of benzene rings is 2. The Hall–Kier alpha value is -3.57. The predicted molar refractivity (Wildman–Crippen MR) is 134 cm³/mol. The zero-order valence-corrected chi connectivity index (χ0v) is 20.6. The summed E-state index contributed by atoms with van der Waals surface area (Å²) in [6.45, 7) is 3.75. The van der Waals surface area contributed by atoms with Crippen molar-refractivity contribution in [2.45, 2.75) is 19.9 Å². The minimum absolute atomic E-state index is 0.0145. The molecule has 3 rings (SSSR count). The van der Waals surface area contributed by atoms with E-state index in [9.17, 15) is 13.2 Å². The van der Waals surface area contributed by atoms with E-state index in [1.807, 2.05) is 13.8 Å². The lowest BCUT2D eigenvalue weighted by Gasteiger charge is -2.15. The van der Waals surface area contributed by atoms with E-state index >= 15 is 0 Å². The molecule has 0 aliphatic heterocycles. The van der Waals surface area contributed by atoms with Crippen molar-refractivity contribution in [3.8, 4) is 5.75 Å². The van der Waals surface area contributed by atoms with E-state index in [2.05, 4.69) is 30.6 Å². The molecule has 0 atom stereocenters. The van der Waals surface area contributed by atoms with Crippen LogP contribution in [0.5, 0.6) is 5.75 Å². The van der Waals surface area contributed by atoms with Crippen LogP contribution in [0.2, 0.25) is 5.02 Å². The Bertz CT molecular complexity index is 1300. The first-order valence-electron chi connectivity index (χ1n) is 10.2. The summed E-state index contributed by atoms with van der Waals surface area (Å²) in [5.74, 6) is 0.682. The van der Waals surface area contributed by atoms with Gasteiger partial charge < -0.3 is 20.7 Å². The second kappa shape index (κ2) is 10.6. The van der Waals surface area contributed by atoms with Gasteiger partial charge in [0.15, 0.2) is 5.82 Å². The number of hydrogen-bond acceptors (Lipinski definition) is 8. The normalized spacial score (nSPS) is 11.1. The van der Waals surface area contributed by atoms with Crippen LogP contribution in [0.4, 0.5) is 28.8 Å². The number of methoxy groups -OCH3 is 1. The van der Waals surface area contributed by atoms with Crippen LogP contribution >= 0.6 is 11.6 Å². The lowest BCUT2D eigenvalue weighted by atomic mass is 10.1. The van der Waals surface area contributed by atoms with Gasteiger partial charge in [-0.2, -0.15) is 4.98 Å². The number of ether oxygens (including phenoxy) is 1. The zero-order valence-electron chi connectivity index (χ0n) is 19.0. The van der Waals surface area contributed by atoms with E-state index < -0.39 is 10.0 Å². The molecule has 0 aliphatic carbocycles. The van der Waals surface area contributed by atoms with E-state index in [0.717, 1.165) is 6.26 Å². The van der Waals surface area contributed by atoms with Gasteiger partial charge in [-0.1, -0.05) is 23.7 Å². The number of aromatic nitrogens is 2. The highest BCUT2D eigenvalue weighted by Crippen LogP contribution is 2.31. The van der Waals surface area contributed by atoms with Gasteiger partial charge in [-0.05, 0) is 44.2 Å². The summed E-state index contributed by atoms with van der Waals surface area (Å²) in [6.07, 6.45) is 2.46. The fourth-order valence-corrected chi connectivity index (χ4v) is 3.65. The quantitative estimate of drug-likeness (QED) is 0.341. The van der Waals surface area contributed by atoms with Gasteiger partial charge in [0.1, 0.15) is 10.8 Å². The van der Waals surface area contributed by atoms with Crippen molar-refractivity contribution >= 4 is 56.4 Å². The Morgan fingerprint density at radius 2 is 1.76 bits per heavy atom. The van der Waals surface area contributed by atoms with E-state index in [-0.39, 0.29) is 28.7 Å².